The summed E-state index contributed by atoms with van der Waals surface area (Å²) < 4.78 is 0. The fraction of sp³-hybridized carbons (Fsp3) is 0.647. The lowest BCUT2D eigenvalue weighted by atomic mass is 10.2. The fourth-order valence-corrected chi connectivity index (χ4v) is 3.26. The number of aryl methyl sites for hydroxylation is 1. The predicted molar refractivity (Wildman–Crippen MR) is 94.6 cm³/mol. The molecule has 8 heteroatoms. The van der Waals surface area contributed by atoms with Crippen LogP contribution in [0.1, 0.15) is 23.1 Å². The van der Waals surface area contributed by atoms with E-state index in [2.05, 4.69) is 21.8 Å². The van der Waals surface area contributed by atoms with E-state index in [1.807, 2.05) is 16.7 Å². The van der Waals surface area contributed by atoms with E-state index < -0.39 is 0 Å². The molecule has 0 atom stereocenters. The lowest BCUT2D eigenvalue weighted by Gasteiger charge is -2.34. The smallest absolute Gasteiger partial charge is 0.272 e. The quantitative estimate of drug-likeness (QED) is 0.706. The Balaban J connectivity index is 1.71. The Morgan fingerprint density at radius 1 is 1.08 bits per heavy atom. The van der Waals surface area contributed by atoms with Crippen molar-refractivity contribution in [2.24, 2.45) is 0 Å². The summed E-state index contributed by atoms with van der Waals surface area (Å²) in [6.45, 7) is 11.0. The Hall–Kier alpha value is -2.22. The summed E-state index contributed by atoms with van der Waals surface area (Å²) >= 11 is 0. The number of hydrogen-bond acceptors (Lipinski definition) is 6. The van der Waals surface area contributed by atoms with Crippen LogP contribution in [0.4, 0.5) is 5.95 Å². The maximum absolute atomic E-state index is 12.8. The Morgan fingerprint density at radius 3 is 2.36 bits per heavy atom. The molecule has 0 unspecified atom stereocenters. The lowest BCUT2D eigenvalue weighted by Crippen LogP contribution is -2.49. The average molecular weight is 346 g/mol. The van der Waals surface area contributed by atoms with E-state index in [9.17, 15) is 9.59 Å². The number of carbonyl (C=O) groups excluding carboxylic acids is 2. The van der Waals surface area contributed by atoms with Crippen LogP contribution in [0.2, 0.25) is 0 Å². The van der Waals surface area contributed by atoms with Crippen LogP contribution in [0.3, 0.4) is 0 Å². The zero-order valence-electron chi connectivity index (χ0n) is 15.0. The van der Waals surface area contributed by atoms with Crippen molar-refractivity contribution in [3.63, 3.8) is 0 Å². The SMILES string of the molecule is CCN1CCN(C(=O)c2cc(C)nc(N3CCN(C=O)CC3)n2)CC1. The van der Waals surface area contributed by atoms with E-state index in [1.54, 1.807) is 11.0 Å². The molecule has 0 aromatic carbocycles. The van der Waals surface area contributed by atoms with Gasteiger partial charge in [-0.05, 0) is 19.5 Å². The lowest BCUT2D eigenvalue weighted by molar-refractivity contribution is -0.118. The number of piperazine rings is 2. The maximum atomic E-state index is 12.8. The highest BCUT2D eigenvalue weighted by atomic mass is 16.2. The molecule has 3 rings (SSSR count). The highest BCUT2D eigenvalue weighted by Crippen LogP contribution is 2.15. The number of nitrogens with zero attached hydrogens (tertiary/aromatic N) is 6. The normalized spacial score (nSPS) is 19.2. The van der Waals surface area contributed by atoms with Gasteiger partial charge in [-0.1, -0.05) is 6.92 Å². The minimum atomic E-state index is -0.0194. The van der Waals surface area contributed by atoms with Gasteiger partial charge in [-0.2, -0.15) is 0 Å². The van der Waals surface area contributed by atoms with Gasteiger partial charge in [0.05, 0.1) is 0 Å². The van der Waals surface area contributed by atoms with Gasteiger partial charge in [-0.25, -0.2) is 9.97 Å². The van der Waals surface area contributed by atoms with E-state index in [0.717, 1.165) is 44.8 Å². The van der Waals surface area contributed by atoms with Crippen LogP contribution in [0.15, 0.2) is 6.07 Å². The van der Waals surface area contributed by atoms with Crippen molar-refractivity contribution in [1.29, 1.82) is 0 Å². The number of carbonyl (C=O) groups is 2. The summed E-state index contributed by atoms with van der Waals surface area (Å²) in [5.41, 5.74) is 1.25. The van der Waals surface area contributed by atoms with E-state index in [-0.39, 0.29) is 5.91 Å². The Bertz CT molecular complexity index is 622. The van der Waals surface area contributed by atoms with Gasteiger partial charge >= 0.3 is 0 Å². The number of aromatic nitrogens is 2. The molecule has 25 heavy (non-hydrogen) atoms. The molecule has 2 aliphatic rings. The van der Waals surface area contributed by atoms with Crippen molar-refractivity contribution in [3.8, 4) is 0 Å². The van der Waals surface area contributed by atoms with E-state index >= 15 is 0 Å². The first-order valence-electron chi connectivity index (χ1n) is 8.92. The van der Waals surface area contributed by atoms with Crippen LogP contribution in [0.25, 0.3) is 0 Å². The van der Waals surface area contributed by atoms with Crippen molar-refractivity contribution < 1.29 is 9.59 Å². The zero-order valence-corrected chi connectivity index (χ0v) is 15.0. The fourth-order valence-electron chi connectivity index (χ4n) is 3.26. The third kappa shape index (κ3) is 4.07. The second kappa shape index (κ2) is 7.77. The molecule has 0 bridgehead atoms. The molecule has 0 aliphatic carbocycles. The predicted octanol–water partition coefficient (Wildman–Crippen LogP) is -0.159. The van der Waals surface area contributed by atoms with Crippen LogP contribution in [0, 0.1) is 6.92 Å². The molecule has 0 N–H and O–H groups in total. The summed E-state index contributed by atoms with van der Waals surface area (Å²) in [4.78, 5) is 40.7. The Labute approximate surface area is 148 Å². The number of anilines is 1. The first-order chi connectivity index (χ1) is 12.1. The minimum absolute atomic E-state index is 0.0194. The summed E-state index contributed by atoms with van der Waals surface area (Å²) in [6, 6.07) is 1.76. The van der Waals surface area contributed by atoms with E-state index in [4.69, 9.17) is 0 Å². The third-order valence-corrected chi connectivity index (χ3v) is 4.91. The topological polar surface area (TPSA) is 72.9 Å². The largest absolute Gasteiger partial charge is 0.342 e. The molecule has 0 spiro atoms. The van der Waals surface area contributed by atoms with Gasteiger partial charge in [0.1, 0.15) is 5.69 Å². The van der Waals surface area contributed by atoms with Crippen molar-refractivity contribution in [2.75, 3.05) is 63.8 Å². The number of rotatable bonds is 4. The monoisotopic (exact) mass is 346 g/mol. The minimum Gasteiger partial charge on any atom is -0.342 e. The molecular formula is C17H26N6O2. The zero-order chi connectivity index (χ0) is 17.8. The van der Waals surface area contributed by atoms with Gasteiger partial charge in [0.15, 0.2) is 0 Å². The van der Waals surface area contributed by atoms with E-state index in [1.165, 1.54) is 0 Å². The molecule has 2 fully saturated rings. The Morgan fingerprint density at radius 2 is 1.76 bits per heavy atom. The van der Waals surface area contributed by atoms with Crippen molar-refractivity contribution >= 4 is 18.3 Å². The summed E-state index contributed by atoms with van der Waals surface area (Å²) in [5.74, 6) is 0.565. The van der Waals surface area contributed by atoms with Gasteiger partial charge in [0.25, 0.3) is 5.91 Å². The molecule has 8 nitrogen and oxygen atoms in total. The third-order valence-electron chi connectivity index (χ3n) is 4.91. The van der Waals surface area contributed by atoms with Crippen molar-refractivity contribution in [2.45, 2.75) is 13.8 Å². The summed E-state index contributed by atoms with van der Waals surface area (Å²) in [6.07, 6.45) is 0.874. The summed E-state index contributed by atoms with van der Waals surface area (Å²) in [5, 5.41) is 0. The molecule has 0 saturated carbocycles. The second-order valence-corrected chi connectivity index (χ2v) is 6.55. The van der Waals surface area contributed by atoms with Gasteiger partial charge in [0.2, 0.25) is 12.4 Å². The van der Waals surface area contributed by atoms with E-state index in [0.29, 0.717) is 37.8 Å². The number of likely N-dealkylation sites (N-methyl/N-ethyl adjacent to an activating group) is 1. The Kier molecular flexibility index (Phi) is 5.47. The van der Waals surface area contributed by atoms with Crippen LogP contribution in [-0.4, -0.2) is 95.9 Å². The molecular weight excluding hydrogens is 320 g/mol. The van der Waals surface area contributed by atoms with Crippen molar-refractivity contribution in [1.82, 2.24) is 24.7 Å². The standard InChI is InChI=1S/C17H26N6O2/c1-3-20-4-8-22(9-5-20)16(25)15-12-14(2)18-17(19-15)23-10-6-21(13-24)7-11-23/h12-13H,3-11H2,1-2H3. The maximum Gasteiger partial charge on any atom is 0.272 e. The van der Waals surface area contributed by atoms with Gasteiger partial charge in [-0.15, -0.1) is 0 Å². The van der Waals surface area contributed by atoms with Crippen LogP contribution in [-0.2, 0) is 4.79 Å². The van der Waals surface area contributed by atoms with Crippen LogP contribution >= 0.6 is 0 Å². The van der Waals surface area contributed by atoms with Crippen LogP contribution in [0.5, 0.6) is 0 Å². The molecule has 0 radical (unpaired) electrons. The highest BCUT2D eigenvalue weighted by molar-refractivity contribution is 5.92. The molecule has 3 heterocycles. The van der Waals surface area contributed by atoms with Gasteiger partial charge in [-0.3, -0.25) is 9.59 Å². The first-order valence-corrected chi connectivity index (χ1v) is 8.92. The van der Waals surface area contributed by atoms with Crippen LogP contribution < -0.4 is 4.90 Å². The molecule has 2 saturated heterocycles. The number of amides is 2. The first kappa shape index (κ1) is 17.6. The van der Waals surface area contributed by atoms with Gasteiger partial charge in [0, 0.05) is 58.1 Å². The van der Waals surface area contributed by atoms with Crippen molar-refractivity contribution in [3.05, 3.63) is 17.5 Å². The van der Waals surface area contributed by atoms with Gasteiger partial charge < -0.3 is 19.6 Å². The second-order valence-electron chi connectivity index (χ2n) is 6.55. The molecule has 136 valence electrons. The molecule has 1 aromatic heterocycles. The average Bonchev–Trinajstić information content (AvgIpc) is 2.67. The molecule has 1 aromatic rings. The number of hydrogen-bond donors (Lipinski definition) is 0. The summed E-state index contributed by atoms with van der Waals surface area (Å²) in [7, 11) is 0. The molecule has 2 aliphatic heterocycles. The highest BCUT2D eigenvalue weighted by Gasteiger charge is 2.24. The molecule has 2 amide bonds.